The van der Waals surface area contributed by atoms with Gasteiger partial charge in [0.2, 0.25) is 0 Å². The number of carbonyl (C=O) groups excluding carboxylic acids is 1. The number of hydrogen-bond donors (Lipinski definition) is 3. The normalized spacial score (nSPS) is 17.2. The zero-order valence-electron chi connectivity index (χ0n) is 9.16. The first-order valence-electron chi connectivity index (χ1n) is 5.40. The van der Waals surface area contributed by atoms with Crippen molar-refractivity contribution in [1.82, 2.24) is 10.6 Å². The molecule has 5 heteroatoms. The molecule has 1 aliphatic rings. The molecule has 0 aromatic heterocycles. The van der Waals surface area contributed by atoms with Crippen molar-refractivity contribution in [2.75, 3.05) is 25.2 Å². The first-order valence-corrected chi connectivity index (χ1v) is 6.79. The van der Waals surface area contributed by atoms with Gasteiger partial charge in [0.1, 0.15) is 0 Å². The second-order valence-electron chi connectivity index (χ2n) is 3.96. The predicted molar refractivity (Wildman–Crippen MR) is 63.1 cm³/mol. The Hall–Kier alpha value is -0.420. The molecule has 0 saturated heterocycles. The predicted octanol–water partition coefficient (Wildman–Crippen LogP) is 0.810. The Morgan fingerprint density at radius 2 is 2.33 bits per heavy atom. The smallest absolute Gasteiger partial charge is 0.315 e. The summed E-state index contributed by atoms with van der Waals surface area (Å²) in [5.74, 6) is 1.55. The molecule has 0 radical (unpaired) electrons. The van der Waals surface area contributed by atoms with E-state index in [0.29, 0.717) is 12.3 Å². The molecule has 0 spiro atoms. The van der Waals surface area contributed by atoms with Gasteiger partial charge in [-0.05, 0) is 31.4 Å². The molecule has 1 saturated carbocycles. The lowest BCUT2D eigenvalue weighted by Gasteiger charge is -2.17. The van der Waals surface area contributed by atoms with Gasteiger partial charge in [-0.25, -0.2) is 4.79 Å². The number of urea groups is 1. The number of thioether (sulfide) groups is 1. The van der Waals surface area contributed by atoms with E-state index in [9.17, 15) is 4.79 Å². The van der Waals surface area contributed by atoms with Gasteiger partial charge in [0.05, 0.1) is 0 Å². The monoisotopic (exact) mass is 232 g/mol. The Balaban J connectivity index is 2.12. The van der Waals surface area contributed by atoms with E-state index in [2.05, 4.69) is 10.6 Å². The van der Waals surface area contributed by atoms with Gasteiger partial charge in [0, 0.05) is 24.9 Å². The largest absolute Gasteiger partial charge is 0.396 e. The van der Waals surface area contributed by atoms with Crippen LogP contribution in [0.4, 0.5) is 4.79 Å². The Labute approximate surface area is 95.2 Å². The third-order valence-corrected chi connectivity index (χ3v) is 3.16. The third-order valence-electron chi connectivity index (χ3n) is 2.43. The molecule has 88 valence electrons. The van der Waals surface area contributed by atoms with Crippen molar-refractivity contribution in [2.45, 2.75) is 25.3 Å². The molecule has 15 heavy (non-hydrogen) atoms. The van der Waals surface area contributed by atoms with Gasteiger partial charge < -0.3 is 15.7 Å². The van der Waals surface area contributed by atoms with Crippen LogP contribution in [0.25, 0.3) is 0 Å². The van der Waals surface area contributed by atoms with Gasteiger partial charge in [-0.1, -0.05) is 0 Å². The van der Waals surface area contributed by atoms with Crippen LogP contribution in [0.15, 0.2) is 0 Å². The SMILES string of the molecule is CSCC(CCO)NC(=O)NCC1CC1. The zero-order chi connectivity index (χ0) is 11.1. The summed E-state index contributed by atoms with van der Waals surface area (Å²) in [4.78, 5) is 11.4. The summed E-state index contributed by atoms with van der Waals surface area (Å²) in [6, 6.07) is -0.0291. The van der Waals surface area contributed by atoms with E-state index in [-0.39, 0.29) is 18.7 Å². The first-order chi connectivity index (χ1) is 7.26. The molecule has 4 nitrogen and oxygen atoms in total. The fraction of sp³-hybridized carbons (Fsp3) is 0.900. The number of rotatable bonds is 7. The molecule has 0 aromatic carbocycles. The highest BCUT2D eigenvalue weighted by atomic mass is 32.2. The molecule has 1 aliphatic carbocycles. The summed E-state index contributed by atoms with van der Waals surface area (Å²) in [5.41, 5.74) is 0. The van der Waals surface area contributed by atoms with E-state index in [1.54, 1.807) is 11.8 Å². The van der Waals surface area contributed by atoms with Crippen LogP contribution in [0.3, 0.4) is 0 Å². The van der Waals surface area contributed by atoms with Crippen molar-refractivity contribution in [3.63, 3.8) is 0 Å². The van der Waals surface area contributed by atoms with Gasteiger partial charge in [0.25, 0.3) is 0 Å². The van der Waals surface area contributed by atoms with E-state index >= 15 is 0 Å². The van der Waals surface area contributed by atoms with Crippen LogP contribution in [0.5, 0.6) is 0 Å². The zero-order valence-corrected chi connectivity index (χ0v) is 9.98. The number of hydrogen-bond acceptors (Lipinski definition) is 3. The van der Waals surface area contributed by atoms with Crippen molar-refractivity contribution in [1.29, 1.82) is 0 Å². The summed E-state index contributed by atoms with van der Waals surface area (Å²) in [7, 11) is 0. The van der Waals surface area contributed by atoms with Gasteiger partial charge in [0.15, 0.2) is 0 Å². The van der Waals surface area contributed by atoms with Crippen LogP contribution in [-0.4, -0.2) is 42.3 Å². The van der Waals surface area contributed by atoms with Crippen LogP contribution < -0.4 is 10.6 Å². The van der Waals surface area contributed by atoms with Gasteiger partial charge in [-0.2, -0.15) is 11.8 Å². The lowest BCUT2D eigenvalue weighted by atomic mass is 10.2. The lowest BCUT2D eigenvalue weighted by Crippen LogP contribution is -2.44. The average Bonchev–Trinajstić information content (AvgIpc) is 2.99. The molecule has 3 N–H and O–H groups in total. The second-order valence-corrected chi connectivity index (χ2v) is 4.87. The topological polar surface area (TPSA) is 61.4 Å². The maximum Gasteiger partial charge on any atom is 0.315 e. The van der Waals surface area contributed by atoms with Crippen LogP contribution in [-0.2, 0) is 0 Å². The van der Waals surface area contributed by atoms with E-state index < -0.39 is 0 Å². The molecule has 0 bridgehead atoms. The van der Waals surface area contributed by atoms with E-state index in [1.807, 2.05) is 6.26 Å². The molecular weight excluding hydrogens is 212 g/mol. The highest BCUT2D eigenvalue weighted by Crippen LogP contribution is 2.27. The van der Waals surface area contributed by atoms with E-state index in [0.717, 1.165) is 12.3 Å². The summed E-state index contributed by atoms with van der Waals surface area (Å²) >= 11 is 1.67. The summed E-state index contributed by atoms with van der Waals surface area (Å²) in [5, 5.41) is 14.5. The molecule has 1 rings (SSSR count). The fourth-order valence-electron chi connectivity index (χ4n) is 1.35. The average molecular weight is 232 g/mol. The van der Waals surface area contributed by atoms with Crippen molar-refractivity contribution in [3.8, 4) is 0 Å². The Bertz CT molecular complexity index is 192. The summed E-state index contributed by atoms with van der Waals surface area (Å²) in [6.45, 7) is 0.908. The standard InChI is InChI=1S/C10H20N2O2S/c1-15-7-9(4-5-13)12-10(14)11-6-8-2-3-8/h8-9,13H,2-7H2,1H3,(H2,11,12,14). The van der Waals surface area contributed by atoms with Crippen molar-refractivity contribution in [3.05, 3.63) is 0 Å². The van der Waals surface area contributed by atoms with Crippen LogP contribution in [0.2, 0.25) is 0 Å². The molecule has 1 atom stereocenters. The van der Waals surface area contributed by atoms with Crippen LogP contribution in [0.1, 0.15) is 19.3 Å². The number of carbonyl (C=O) groups is 1. The first kappa shape index (κ1) is 12.6. The minimum atomic E-state index is -0.102. The maximum atomic E-state index is 11.4. The minimum Gasteiger partial charge on any atom is -0.396 e. The Morgan fingerprint density at radius 3 is 2.87 bits per heavy atom. The number of nitrogens with one attached hydrogen (secondary N) is 2. The van der Waals surface area contributed by atoms with Crippen LogP contribution >= 0.6 is 11.8 Å². The molecular formula is C10H20N2O2S. The van der Waals surface area contributed by atoms with Gasteiger partial charge >= 0.3 is 6.03 Å². The minimum absolute atomic E-state index is 0.0733. The van der Waals surface area contributed by atoms with Crippen molar-refractivity contribution in [2.24, 2.45) is 5.92 Å². The summed E-state index contributed by atoms with van der Waals surface area (Å²) < 4.78 is 0. The van der Waals surface area contributed by atoms with E-state index in [1.165, 1.54) is 12.8 Å². The summed E-state index contributed by atoms with van der Waals surface area (Å²) in [6.07, 6.45) is 5.10. The Kier molecular flexibility index (Phi) is 5.86. The van der Waals surface area contributed by atoms with E-state index in [4.69, 9.17) is 5.11 Å². The molecule has 0 aromatic rings. The molecule has 2 amide bonds. The Morgan fingerprint density at radius 1 is 1.60 bits per heavy atom. The molecule has 0 heterocycles. The quantitative estimate of drug-likeness (QED) is 0.609. The third kappa shape index (κ3) is 5.89. The van der Waals surface area contributed by atoms with Gasteiger partial charge in [-0.3, -0.25) is 0 Å². The number of amides is 2. The molecule has 0 aliphatic heterocycles. The highest BCUT2D eigenvalue weighted by molar-refractivity contribution is 7.98. The fourth-order valence-corrected chi connectivity index (χ4v) is 2.00. The second kappa shape index (κ2) is 6.95. The van der Waals surface area contributed by atoms with Crippen molar-refractivity contribution >= 4 is 17.8 Å². The molecule has 1 fully saturated rings. The lowest BCUT2D eigenvalue weighted by molar-refractivity contribution is 0.231. The van der Waals surface area contributed by atoms with Gasteiger partial charge in [-0.15, -0.1) is 0 Å². The van der Waals surface area contributed by atoms with Crippen molar-refractivity contribution < 1.29 is 9.90 Å². The van der Waals surface area contributed by atoms with Crippen LogP contribution in [0, 0.1) is 5.92 Å². The molecule has 1 unspecified atom stereocenters. The maximum absolute atomic E-state index is 11.4. The highest BCUT2D eigenvalue weighted by Gasteiger charge is 2.22. The number of aliphatic hydroxyl groups excluding tert-OH is 1. The number of aliphatic hydroxyl groups is 1.